The summed E-state index contributed by atoms with van der Waals surface area (Å²) in [6.45, 7) is 0.485. The molecule has 0 aromatic heterocycles. The number of carbonyl (C=O) groups is 1. The topological polar surface area (TPSA) is 47.6 Å². The van der Waals surface area contributed by atoms with Crippen molar-refractivity contribution in [1.82, 2.24) is 5.32 Å². The molecular weight excluding hydrogens is 242 g/mol. The number of ether oxygens (including phenoxy) is 2. The molecule has 4 nitrogen and oxygen atoms in total. The molecule has 98 valence electrons. The van der Waals surface area contributed by atoms with Crippen LogP contribution in [0, 0.1) is 0 Å². The zero-order valence-corrected chi connectivity index (χ0v) is 10.9. The molecule has 0 saturated heterocycles. The second kappa shape index (κ2) is 4.46. The molecule has 1 amide bonds. The summed E-state index contributed by atoms with van der Waals surface area (Å²) in [7, 11) is 3.30. The van der Waals surface area contributed by atoms with Crippen molar-refractivity contribution >= 4 is 16.7 Å². The molecule has 0 aliphatic carbocycles. The Morgan fingerprint density at radius 2 is 1.58 bits per heavy atom. The van der Waals surface area contributed by atoms with E-state index in [4.69, 9.17) is 9.47 Å². The highest BCUT2D eigenvalue weighted by Crippen LogP contribution is 2.41. The van der Waals surface area contributed by atoms with Crippen molar-refractivity contribution < 1.29 is 14.3 Å². The van der Waals surface area contributed by atoms with E-state index < -0.39 is 0 Å². The third-order valence-corrected chi connectivity index (χ3v) is 3.54. The predicted octanol–water partition coefficient (Wildman–Crippen LogP) is 2.03. The zero-order chi connectivity index (χ0) is 13.4. The van der Waals surface area contributed by atoms with Gasteiger partial charge in [-0.25, -0.2) is 0 Å². The Balaban J connectivity index is 2.42. The van der Waals surface area contributed by atoms with Gasteiger partial charge in [-0.15, -0.1) is 0 Å². The van der Waals surface area contributed by atoms with Gasteiger partial charge in [0.1, 0.15) is 11.5 Å². The van der Waals surface area contributed by atoms with Crippen LogP contribution in [0.5, 0.6) is 11.5 Å². The SMILES string of the molecule is COc1c2c(c(OC)c3ccccc13)CC(=O)NC2. The number of amides is 1. The minimum atomic E-state index is 0.0168. The summed E-state index contributed by atoms with van der Waals surface area (Å²) in [4.78, 5) is 11.6. The molecule has 1 aliphatic heterocycles. The molecular formula is C15H15NO3. The van der Waals surface area contributed by atoms with Crippen molar-refractivity contribution in [2.45, 2.75) is 13.0 Å². The third kappa shape index (κ3) is 1.71. The Hall–Kier alpha value is -2.23. The number of nitrogens with one attached hydrogen (secondary N) is 1. The molecule has 0 unspecified atom stereocenters. The minimum Gasteiger partial charge on any atom is -0.496 e. The first-order valence-electron chi connectivity index (χ1n) is 6.17. The number of benzene rings is 2. The van der Waals surface area contributed by atoms with Gasteiger partial charge in [-0.05, 0) is 0 Å². The van der Waals surface area contributed by atoms with E-state index in [1.165, 1.54) is 0 Å². The van der Waals surface area contributed by atoms with Gasteiger partial charge >= 0.3 is 0 Å². The Morgan fingerprint density at radius 3 is 2.16 bits per heavy atom. The summed E-state index contributed by atoms with van der Waals surface area (Å²) < 4.78 is 11.1. The fourth-order valence-electron chi connectivity index (χ4n) is 2.73. The van der Waals surface area contributed by atoms with Crippen molar-refractivity contribution in [3.63, 3.8) is 0 Å². The molecule has 4 heteroatoms. The van der Waals surface area contributed by atoms with E-state index in [1.54, 1.807) is 14.2 Å². The van der Waals surface area contributed by atoms with Crippen molar-refractivity contribution in [3.05, 3.63) is 35.4 Å². The van der Waals surface area contributed by atoms with Crippen LogP contribution in [-0.4, -0.2) is 20.1 Å². The lowest BCUT2D eigenvalue weighted by Gasteiger charge is -2.24. The highest BCUT2D eigenvalue weighted by molar-refractivity contribution is 5.98. The van der Waals surface area contributed by atoms with Crippen LogP contribution in [0.1, 0.15) is 11.1 Å². The van der Waals surface area contributed by atoms with Crippen molar-refractivity contribution in [3.8, 4) is 11.5 Å². The van der Waals surface area contributed by atoms with Crippen LogP contribution >= 0.6 is 0 Å². The van der Waals surface area contributed by atoms with E-state index in [1.807, 2.05) is 24.3 Å². The molecule has 0 saturated carbocycles. The van der Waals surface area contributed by atoms with E-state index in [9.17, 15) is 4.79 Å². The maximum Gasteiger partial charge on any atom is 0.224 e. The predicted molar refractivity (Wildman–Crippen MR) is 72.6 cm³/mol. The average molecular weight is 257 g/mol. The second-order valence-corrected chi connectivity index (χ2v) is 4.52. The molecule has 1 aliphatic rings. The van der Waals surface area contributed by atoms with Crippen LogP contribution in [0.4, 0.5) is 0 Å². The van der Waals surface area contributed by atoms with E-state index in [0.717, 1.165) is 33.4 Å². The normalized spacial score (nSPS) is 13.9. The molecule has 1 N–H and O–H groups in total. The summed E-state index contributed by atoms with van der Waals surface area (Å²) >= 11 is 0. The summed E-state index contributed by atoms with van der Waals surface area (Å²) in [6, 6.07) is 7.93. The maximum atomic E-state index is 11.6. The lowest BCUT2D eigenvalue weighted by Crippen LogP contribution is -2.31. The fourth-order valence-corrected chi connectivity index (χ4v) is 2.73. The molecule has 2 aromatic carbocycles. The highest BCUT2D eigenvalue weighted by Gasteiger charge is 2.25. The van der Waals surface area contributed by atoms with E-state index >= 15 is 0 Å². The average Bonchev–Trinajstić information content (AvgIpc) is 2.44. The van der Waals surface area contributed by atoms with E-state index in [2.05, 4.69) is 5.32 Å². The molecule has 0 fully saturated rings. The molecule has 3 rings (SSSR count). The van der Waals surface area contributed by atoms with Crippen molar-refractivity contribution in [2.75, 3.05) is 14.2 Å². The van der Waals surface area contributed by atoms with Crippen molar-refractivity contribution in [1.29, 1.82) is 0 Å². The monoisotopic (exact) mass is 257 g/mol. The summed E-state index contributed by atoms with van der Waals surface area (Å²) in [6.07, 6.45) is 0.333. The second-order valence-electron chi connectivity index (χ2n) is 4.52. The standard InChI is InChI=1S/C15H15NO3/c1-18-14-9-5-3-4-6-10(9)15(19-2)12-8-16-13(17)7-11(12)14/h3-6H,7-8H2,1-2H3,(H,16,17). The summed E-state index contributed by atoms with van der Waals surface area (Å²) in [5.74, 6) is 1.62. The molecule has 1 heterocycles. The minimum absolute atomic E-state index is 0.0168. The fraction of sp³-hybridized carbons (Fsp3) is 0.267. The number of hydrogen-bond donors (Lipinski definition) is 1. The first kappa shape index (κ1) is 11.8. The maximum absolute atomic E-state index is 11.6. The number of rotatable bonds is 2. The highest BCUT2D eigenvalue weighted by atomic mass is 16.5. The van der Waals surface area contributed by atoms with Gasteiger partial charge in [-0.1, -0.05) is 24.3 Å². The van der Waals surface area contributed by atoms with Gasteiger partial charge in [0.05, 0.1) is 20.6 Å². The summed E-state index contributed by atoms with van der Waals surface area (Å²) in [5, 5.41) is 4.85. The Kier molecular flexibility index (Phi) is 2.78. The van der Waals surface area contributed by atoms with Crippen molar-refractivity contribution in [2.24, 2.45) is 0 Å². The smallest absolute Gasteiger partial charge is 0.224 e. The van der Waals surface area contributed by atoms with Crippen LogP contribution in [0.2, 0.25) is 0 Å². The Morgan fingerprint density at radius 1 is 1.00 bits per heavy atom. The van der Waals surface area contributed by atoms with Gasteiger partial charge < -0.3 is 14.8 Å². The Labute approximate surface area is 111 Å². The molecule has 0 bridgehead atoms. The first-order valence-corrected chi connectivity index (χ1v) is 6.17. The molecule has 0 radical (unpaired) electrons. The van der Waals surface area contributed by atoms with Crippen LogP contribution in [0.15, 0.2) is 24.3 Å². The van der Waals surface area contributed by atoms with Gasteiger partial charge in [0.2, 0.25) is 5.91 Å². The largest absolute Gasteiger partial charge is 0.496 e. The first-order chi connectivity index (χ1) is 9.26. The van der Waals surface area contributed by atoms with Gasteiger partial charge in [0, 0.05) is 28.4 Å². The lowest BCUT2D eigenvalue weighted by molar-refractivity contribution is -0.121. The van der Waals surface area contributed by atoms with Gasteiger partial charge in [-0.2, -0.15) is 0 Å². The number of methoxy groups -OCH3 is 2. The van der Waals surface area contributed by atoms with Gasteiger partial charge in [0.15, 0.2) is 0 Å². The lowest BCUT2D eigenvalue weighted by atomic mass is 9.93. The van der Waals surface area contributed by atoms with Crippen LogP contribution in [0.3, 0.4) is 0 Å². The number of fused-ring (bicyclic) bond motifs is 2. The van der Waals surface area contributed by atoms with Gasteiger partial charge in [-0.3, -0.25) is 4.79 Å². The summed E-state index contributed by atoms with van der Waals surface area (Å²) in [5.41, 5.74) is 1.94. The molecule has 19 heavy (non-hydrogen) atoms. The Bertz CT molecular complexity index is 664. The van der Waals surface area contributed by atoms with Crippen LogP contribution < -0.4 is 14.8 Å². The quantitative estimate of drug-likeness (QED) is 0.895. The third-order valence-electron chi connectivity index (χ3n) is 3.54. The number of hydrogen-bond acceptors (Lipinski definition) is 3. The van der Waals surface area contributed by atoms with Gasteiger partial charge in [0.25, 0.3) is 0 Å². The number of carbonyl (C=O) groups excluding carboxylic acids is 1. The van der Waals surface area contributed by atoms with E-state index in [0.29, 0.717) is 13.0 Å². The van der Waals surface area contributed by atoms with Crippen LogP contribution in [0.25, 0.3) is 10.8 Å². The van der Waals surface area contributed by atoms with E-state index in [-0.39, 0.29) is 5.91 Å². The molecule has 0 atom stereocenters. The zero-order valence-electron chi connectivity index (χ0n) is 10.9. The molecule has 0 spiro atoms. The van der Waals surface area contributed by atoms with Crippen LogP contribution in [-0.2, 0) is 17.8 Å². The molecule has 2 aromatic rings.